The first-order valence-electron chi connectivity index (χ1n) is 4.20. The van der Waals surface area contributed by atoms with Gasteiger partial charge in [-0.2, -0.15) is 0 Å². The largest absolute Gasteiger partial charge is 0.481 e. The van der Waals surface area contributed by atoms with Gasteiger partial charge in [0, 0.05) is 4.90 Å². The van der Waals surface area contributed by atoms with Crippen molar-refractivity contribution in [3.63, 3.8) is 0 Å². The van der Waals surface area contributed by atoms with Crippen molar-refractivity contribution in [1.29, 1.82) is 0 Å². The van der Waals surface area contributed by atoms with Gasteiger partial charge in [0.25, 0.3) is 0 Å². The molecule has 5 nitrogen and oxygen atoms in total. The summed E-state index contributed by atoms with van der Waals surface area (Å²) >= 11 is 1.56. The molecule has 0 aliphatic rings. The SMILES string of the molecule is CO/C(CSc1ccccc1)=N/ONO. The van der Waals surface area contributed by atoms with E-state index in [-0.39, 0.29) is 0 Å². The van der Waals surface area contributed by atoms with Gasteiger partial charge in [-0.25, -0.2) is 0 Å². The Kier molecular flexibility index (Phi) is 5.60. The lowest BCUT2D eigenvalue weighted by Crippen LogP contribution is -2.10. The van der Waals surface area contributed by atoms with E-state index >= 15 is 0 Å². The van der Waals surface area contributed by atoms with Crippen molar-refractivity contribution < 1.29 is 14.9 Å². The molecule has 0 amide bonds. The summed E-state index contributed by atoms with van der Waals surface area (Å²) in [6.07, 6.45) is 0. The Bertz CT molecular complexity index is 305. The molecular weight excluding hydrogens is 216 g/mol. The molecule has 0 aliphatic carbocycles. The minimum Gasteiger partial charge on any atom is -0.481 e. The van der Waals surface area contributed by atoms with Crippen LogP contribution >= 0.6 is 11.8 Å². The Morgan fingerprint density at radius 3 is 2.80 bits per heavy atom. The van der Waals surface area contributed by atoms with E-state index in [0.29, 0.717) is 11.7 Å². The first kappa shape index (κ1) is 11.8. The van der Waals surface area contributed by atoms with E-state index in [4.69, 9.17) is 9.94 Å². The van der Waals surface area contributed by atoms with Crippen LogP contribution in [0.2, 0.25) is 0 Å². The number of benzene rings is 1. The van der Waals surface area contributed by atoms with E-state index in [2.05, 4.69) is 10.1 Å². The van der Waals surface area contributed by atoms with E-state index in [1.807, 2.05) is 30.3 Å². The van der Waals surface area contributed by atoms with E-state index in [1.54, 1.807) is 11.8 Å². The molecule has 0 radical (unpaired) electrons. The van der Waals surface area contributed by atoms with Crippen LogP contribution < -0.4 is 5.64 Å². The first-order valence-corrected chi connectivity index (χ1v) is 5.19. The van der Waals surface area contributed by atoms with Crippen molar-refractivity contribution in [3.8, 4) is 0 Å². The van der Waals surface area contributed by atoms with Gasteiger partial charge in [-0.05, 0) is 22.9 Å². The standard InChI is InChI=1S/C9H12N2O3S/c1-13-9(10-14-11-12)7-15-8-5-3-2-4-6-8/h2-6,11-12H,7H2,1H3/b10-9+. The zero-order chi connectivity index (χ0) is 10.9. The average molecular weight is 228 g/mol. The second-order valence-corrected chi connectivity index (χ2v) is 3.52. The molecule has 0 saturated heterocycles. The number of hydrogen-bond donors (Lipinski definition) is 2. The average Bonchev–Trinajstić information content (AvgIpc) is 2.31. The Balaban J connectivity index is 2.41. The topological polar surface area (TPSA) is 63.1 Å². The molecule has 15 heavy (non-hydrogen) atoms. The van der Waals surface area contributed by atoms with Crippen LogP contribution in [0, 0.1) is 0 Å². The van der Waals surface area contributed by atoms with Crippen molar-refractivity contribution >= 4 is 17.7 Å². The van der Waals surface area contributed by atoms with Crippen molar-refractivity contribution in [3.05, 3.63) is 30.3 Å². The van der Waals surface area contributed by atoms with Gasteiger partial charge in [0.1, 0.15) is 0 Å². The smallest absolute Gasteiger partial charge is 0.238 e. The third-order valence-corrected chi connectivity index (χ3v) is 2.53. The van der Waals surface area contributed by atoms with Crippen LogP contribution in [-0.4, -0.2) is 24.0 Å². The summed E-state index contributed by atoms with van der Waals surface area (Å²) in [5.74, 6) is 0.910. The first-order chi connectivity index (χ1) is 7.36. The van der Waals surface area contributed by atoms with Gasteiger partial charge < -0.3 is 4.74 Å². The number of nitrogens with one attached hydrogen (secondary N) is 1. The lowest BCUT2D eigenvalue weighted by molar-refractivity contribution is -0.127. The molecule has 0 aromatic heterocycles. The van der Waals surface area contributed by atoms with Crippen LogP contribution in [-0.2, 0) is 9.68 Å². The van der Waals surface area contributed by atoms with Crippen LogP contribution in [0.3, 0.4) is 0 Å². The Morgan fingerprint density at radius 1 is 1.47 bits per heavy atom. The molecule has 0 fully saturated rings. The monoisotopic (exact) mass is 228 g/mol. The van der Waals surface area contributed by atoms with Gasteiger partial charge in [-0.1, -0.05) is 18.2 Å². The van der Waals surface area contributed by atoms with Gasteiger partial charge in [0.2, 0.25) is 5.90 Å². The number of hydrogen-bond acceptors (Lipinski definition) is 6. The number of nitrogens with zero attached hydrogens (tertiary/aromatic N) is 1. The summed E-state index contributed by atoms with van der Waals surface area (Å²) in [7, 11) is 1.49. The van der Waals surface area contributed by atoms with Crippen molar-refractivity contribution in [2.24, 2.45) is 5.16 Å². The number of rotatable bonds is 5. The zero-order valence-electron chi connectivity index (χ0n) is 8.21. The minimum atomic E-state index is 0.380. The van der Waals surface area contributed by atoms with Crippen LogP contribution in [0.25, 0.3) is 0 Å². The van der Waals surface area contributed by atoms with E-state index < -0.39 is 0 Å². The van der Waals surface area contributed by atoms with Crippen LogP contribution in [0.4, 0.5) is 0 Å². The number of methoxy groups -OCH3 is 1. The lowest BCUT2D eigenvalue weighted by atomic mass is 10.4. The normalized spacial score (nSPS) is 11.2. The quantitative estimate of drug-likeness (QED) is 0.347. The maximum Gasteiger partial charge on any atom is 0.238 e. The highest BCUT2D eigenvalue weighted by atomic mass is 32.2. The molecule has 0 bridgehead atoms. The zero-order valence-corrected chi connectivity index (χ0v) is 9.03. The summed E-state index contributed by atoms with van der Waals surface area (Å²) in [5, 5.41) is 11.6. The van der Waals surface area contributed by atoms with Crippen LogP contribution in [0.1, 0.15) is 0 Å². The van der Waals surface area contributed by atoms with Gasteiger partial charge in [-0.3, -0.25) is 10.1 Å². The molecule has 2 N–H and O–H groups in total. The van der Waals surface area contributed by atoms with E-state index in [0.717, 1.165) is 4.90 Å². The Morgan fingerprint density at radius 2 is 2.20 bits per heavy atom. The molecule has 0 unspecified atom stereocenters. The minimum absolute atomic E-state index is 0.380. The molecule has 0 aliphatic heterocycles. The third-order valence-electron chi connectivity index (χ3n) is 1.53. The molecule has 1 aromatic rings. The fourth-order valence-corrected chi connectivity index (χ4v) is 1.67. The summed E-state index contributed by atoms with van der Waals surface area (Å²) in [6.45, 7) is 0. The Hall–Kier alpha value is -1.24. The highest BCUT2D eigenvalue weighted by Gasteiger charge is 2.01. The molecule has 0 heterocycles. The molecule has 0 spiro atoms. The van der Waals surface area contributed by atoms with Gasteiger partial charge in [-0.15, -0.1) is 11.8 Å². The van der Waals surface area contributed by atoms with Gasteiger partial charge >= 0.3 is 0 Å². The molecule has 1 rings (SSSR count). The highest BCUT2D eigenvalue weighted by molar-refractivity contribution is 8.00. The Labute approximate surface area is 92.0 Å². The predicted octanol–water partition coefficient (Wildman–Crippen LogP) is 1.65. The van der Waals surface area contributed by atoms with Gasteiger partial charge in [0.05, 0.1) is 12.9 Å². The molecule has 1 aromatic carbocycles. The summed E-state index contributed by atoms with van der Waals surface area (Å²) in [4.78, 5) is 5.34. The summed E-state index contributed by atoms with van der Waals surface area (Å²) in [6, 6.07) is 9.84. The fraction of sp³-hybridized carbons (Fsp3) is 0.222. The third kappa shape index (κ3) is 4.68. The van der Waals surface area contributed by atoms with E-state index in [1.165, 1.54) is 12.8 Å². The second-order valence-electron chi connectivity index (χ2n) is 2.47. The van der Waals surface area contributed by atoms with Crippen LogP contribution in [0.5, 0.6) is 0 Å². The number of thioether (sulfide) groups is 1. The lowest BCUT2D eigenvalue weighted by Gasteiger charge is -2.03. The molecule has 82 valence electrons. The van der Waals surface area contributed by atoms with Crippen molar-refractivity contribution in [2.45, 2.75) is 4.90 Å². The predicted molar refractivity (Wildman–Crippen MR) is 57.6 cm³/mol. The summed E-state index contributed by atoms with van der Waals surface area (Å²) < 4.78 is 4.93. The molecular formula is C9H12N2O3S. The second kappa shape index (κ2) is 7.10. The van der Waals surface area contributed by atoms with Crippen molar-refractivity contribution in [1.82, 2.24) is 5.64 Å². The highest BCUT2D eigenvalue weighted by Crippen LogP contribution is 2.16. The number of oxime groups is 1. The summed E-state index contributed by atoms with van der Waals surface area (Å²) in [5.41, 5.74) is 1.45. The molecule has 0 saturated carbocycles. The fourth-order valence-electron chi connectivity index (χ4n) is 0.856. The van der Waals surface area contributed by atoms with Gasteiger partial charge in [0.15, 0.2) is 0 Å². The molecule has 6 heteroatoms. The maximum atomic E-state index is 8.15. The maximum absolute atomic E-state index is 8.15. The van der Waals surface area contributed by atoms with Crippen LogP contribution in [0.15, 0.2) is 40.4 Å². The van der Waals surface area contributed by atoms with E-state index in [9.17, 15) is 0 Å². The number of ether oxygens (including phenoxy) is 1. The molecule has 0 atom stereocenters. The van der Waals surface area contributed by atoms with Crippen molar-refractivity contribution in [2.75, 3.05) is 12.9 Å².